The van der Waals surface area contributed by atoms with Gasteiger partial charge in [0, 0.05) is 5.56 Å². The highest BCUT2D eigenvalue weighted by atomic mass is 32.1. The molecule has 0 fully saturated rings. The molecule has 0 spiro atoms. The summed E-state index contributed by atoms with van der Waals surface area (Å²) in [6.45, 7) is 5.68. The number of nitrogens with one attached hydrogen (secondary N) is 1. The quantitative estimate of drug-likeness (QED) is 0.908. The van der Waals surface area contributed by atoms with Gasteiger partial charge in [0.2, 0.25) is 0 Å². The molecule has 1 N–H and O–H groups in total. The predicted octanol–water partition coefficient (Wildman–Crippen LogP) is 2.24. The van der Waals surface area contributed by atoms with Crippen LogP contribution >= 0.6 is 11.7 Å². The van der Waals surface area contributed by atoms with E-state index in [0.717, 1.165) is 28.8 Å². The number of furan rings is 1. The minimum atomic E-state index is -0.218. The van der Waals surface area contributed by atoms with Crippen LogP contribution in [0.4, 0.5) is 0 Å². The number of hydrogen-bond acceptors (Lipinski definition) is 5. The summed E-state index contributed by atoms with van der Waals surface area (Å²) in [5.41, 5.74) is 1.33. The summed E-state index contributed by atoms with van der Waals surface area (Å²) in [5, 5.41) is 2.86. The van der Waals surface area contributed by atoms with Gasteiger partial charge >= 0.3 is 0 Å². The lowest BCUT2D eigenvalue weighted by Gasteiger charge is -2.11. The summed E-state index contributed by atoms with van der Waals surface area (Å²) < 4.78 is 13.1. The number of carbonyl (C=O) groups excluding carboxylic acids is 1. The molecule has 1 unspecified atom stereocenters. The zero-order chi connectivity index (χ0) is 12.4. The van der Waals surface area contributed by atoms with E-state index >= 15 is 0 Å². The first-order valence-corrected chi connectivity index (χ1v) is 5.96. The van der Waals surface area contributed by atoms with E-state index in [1.54, 1.807) is 0 Å². The molecule has 1 amide bonds. The molecule has 2 heterocycles. The Bertz CT molecular complexity index is 519. The minimum absolute atomic E-state index is 0.110. The van der Waals surface area contributed by atoms with Crippen LogP contribution in [0.25, 0.3) is 0 Å². The first-order chi connectivity index (χ1) is 8.08. The highest BCUT2D eigenvalue weighted by Crippen LogP contribution is 2.21. The molecule has 5 nitrogen and oxygen atoms in total. The lowest BCUT2D eigenvalue weighted by Crippen LogP contribution is -2.26. The van der Waals surface area contributed by atoms with Gasteiger partial charge in [0.05, 0.1) is 24.0 Å². The summed E-state index contributed by atoms with van der Waals surface area (Å²) in [4.78, 5) is 11.8. The van der Waals surface area contributed by atoms with Gasteiger partial charge in [0.15, 0.2) is 5.69 Å². The van der Waals surface area contributed by atoms with E-state index in [9.17, 15) is 4.79 Å². The molecule has 2 aromatic rings. The Labute approximate surface area is 103 Å². The lowest BCUT2D eigenvalue weighted by atomic mass is 10.1. The van der Waals surface area contributed by atoms with Gasteiger partial charge in [-0.1, -0.05) is 0 Å². The Morgan fingerprint density at radius 2 is 2.29 bits per heavy atom. The largest absolute Gasteiger partial charge is 0.466 e. The van der Waals surface area contributed by atoms with Crippen molar-refractivity contribution in [3.63, 3.8) is 0 Å². The summed E-state index contributed by atoms with van der Waals surface area (Å²) in [6.07, 6.45) is 1.46. The maximum atomic E-state index is 11.8. The van der Waals surface area contributed by atoms with E-state index in [1.165, 1.54) is 6.20 Å². The number of hydrogen-bond donors (Lipinski definition) is 1. The number of amides is 1. The fraction of sp³-hybridized carbons (Fsp3) is 0.364. The van der Waals surface area contributed by atoms with E-state index in [1.807, 2.05) is 26.8 Å². The monoisotopic (exact) mass is 251 g/mol. The smallest absolute Gasteiger partial charge is 0.273 e. The van der Waals surface area contributed by atoms with Crippen molar-refractivity contribution in [2.75, 3.05) is 0 Å². The highest BCUT2D eigenvalue weighted by molar-refractivity contribution is 6.99. The summed E-state index contributed by atoms with van der Waals surface area (Å²) >= 11 is 1.02. The number of nitrogens with zero attached hydrogens (tertiary/aromatic N) is 2. The second kappa shape index (κ2) is 4.67. The third-order valence-corrected chi connectivity index (χ3v) is 2.97. The van der Waals surface area contributed by atoms with Gasteiger partial charge in [-0.2, -0.15) is 8.75 Å². The highest BCUT2D eigenvalue weighted by Gasteiger charge is 2.17. The van der Waals surface area contributed by atoms with E-state index in [2.05, 4.69) is 14.1 Å². The van der Waals surface area contributed by atoms with Crippen molar-refractivity contribution in [1.29, 1.82) is 0 Å². The van der Waals surface area contributed by atoms with Gasteiger partial charge in [0.1, 0.15) is 11.5 Å². The van der Waals surface area contributed by atoms with Crippen LogP contribution in [0, 0.1) is 13.8 Å². The van der Waals surface area contributed by atoms with E-state index in [-0.39, 0.29) is 11.9 Å². The summed E-state index contributed by atoms with van der Waals surface area (Å²) in [6, 6.07) is 1.82. The van der Waals surface area contributed by atoms with Crippen LogP contribution in [-0.4, -0.2) is 14.7 Å². The molecule has 0 aliphatic rings. The van der Waals surface area contributed by atoms with Crippen LogP contribution in [0.3, 0.4) is 0 Å². The first-order valence-electron chi connectivity index (χ1n) is 5.23. The molecule has 6 heteroatoms. The molecule has 2 rings (SSSR count). The molecule has 2 aromatic heterocycles. The third-order valence-electron chi connectivity index (χ3n) is 2.49. The van der Waals surface area contributed by atoms with Crippen molar-refractivity contribution in [3.8, 4) is 0 Å². The van der Waals surface area contributed by atoms with Gasteiger partial charge in [-0.25, -0.2) is 0 Å². The lowest BCUT2D eigenvalue weighted by molar-refractivity contribution is 0.0935. The molecule has 17 heavy (non-hydrogen) atoms. The van der Waals surface area contributed by atoms with E-state index in [4.69, 9.17) is 4.42 Å². The maximum absolute atomic E-state index is 11.8. The van der Waals surface area contributed by atoms with Gasteiger partial charge in [-0.3, -0.25) is 4.79 Å². The molecule has 0 saturated carbocycles. The Kier molecular flexibility index (Phi) is 3.23. The van der Waals surface area contributed by atoms with Crippen molar-refractivity contribution < 1.29 is 9.21 Å². The van der Waals surface area contributed by atoms with Crippen LogP contribution in [0.15, 0.2) is 16.7 Å². The van der Waals surface area contributed by atoms with Crippen molar-refractivity contribution in [2.45, 2.75) is 26.8 Å². The second-order valence-electron chi connectivity index (χ2n) is 3.86. The Hall–Kier alpha value is -1.69. The van der Waals surface area contributed by atoms with E-state index < -0.39 is 0 Å². The third kappa shape index (κ3) is 2.52. The second-order valence-corrected chi connectivity index (χ2v) is 4.41. The maximum Gasteiger partial charge on any atom is 0.273 e. The molecule has 0 aliphatic heterocycles. The Morgan fingerprint density at radius 3 is 2.82 bits per heavy atom. The standard InChI is InChI=1S/C11H13N3O2S/c1-6-4-9(8(3)16-6)7(2)13-11(15)10-5-12-17-14-10/h4-5,7H,1-3H3,(H,13,15). The zero-order valence-electron chi connectivity index (χ0n) is 9.85. The van der Waals surface area contributed by atoms with Gasteiger partial charge in [-0.15, -0.1) is 0 Å². The zero-order valence-corrected chi connectivity index (χ0v) is 10.7. The molecule has 0 bridgehead atoms. The average Bonchev–Trinajstić information content (AvgIpc) is 2.87. The van der Waals surface area contributed by atoms with Gasteiger partial charge < -0.3 is 9.73 Å². The van der Waals surface area contributed by atoms with E-state index in [0.29, 0.717) is 5.69 Å². The van der Waals surface area contributed by atoms with Crippen LogP contribution in [-0.2, 0) is 0 Å². The Morgan fingerprint density at radius 1 is 1.53 bits per heavy atom. The fourth-order valence-corrected chi connectivity index (χ4v) is 2.11. The topological polar surface area (TPSA) is 68.0 Å². The first kappa shape index (κ1) is 11.8. The van der Waals surface area contributed by atoms with Crippen LogP contribution in [0.5, 0.6) is 0 Å². The SMILES string of the molecule is Cc1cc(C(C)NC(=O)c2cnsn2)c(C)o1. The summed E-state index contributed by atoms with van der Waals surface area (Å²) in [5.74, 6) is 1.45. The molecular formula is C11H13N3O2S. The molecule has 0 aromatic carbocycles. The Balaban J connectivity index is 2.09. The van der Waals surface area contributed by atoms with Crippen molar-refractivity contribution in [3.05, 3.63) is 35.0 Å². The molecule has 0 aliphatic carbocycles. The van der Waals surface area contributed by atoms with Crippen LogP contribution < -0.4 is 5.32 Å². The summed E-state index contributed by atoms with van der Waals surface area (Å²) in [7, 11) is 0. The molecule has 90 valence electrons. The molecule has 0 saturated heterocycles. The minimum Gasteiger partial charge on any atom is -0.466 e. The fourth-order valence-electron chi connectivity index (χ4n) is 1.69. The molecule has 1 atom stereocenters. The van der Waals surface area contributed by atoms with Crippen LogP contribution in [0.1, 0.15) is 40.5 Å². The van der Waals surface area contributed by atoms with Gasteiger partial charge in [0.25, 0.3) is 5.91 Å². The molecule has 0 radical (unpaired) electrons. The van der Waals surface area contributed by atoms with Gasteiger partial charge in [-0.05, 0) is 26.8 Å². The average molecular weight is 251 g/mol. The van der Waals surface area contributed by atoms with Crippen molar-refractivity contribution >= 4 is 17.6 Å². The van der Waals surface area contributed by atoms with Crippen molar-refractivity contribution in [1.82, 2.24) is 14.1 Å². The predicted molar refractivity (Wildman–Crippen MR) is 64.0 cm³/mol. The van der Waals surface area contributed by atoms with Crippen molar-refractivity contribution in [2.24, 2.45) is 0 Å². The number of aryl methyl sites for hydroxylation is 2. The number of rotatable bonds is 3. The number of carbonyl (C=O) groups is 1. The normalized spacial score (nSPS) is 12.4. The number of aromatic nitrogens is 2. The van der Waals surface area contributed by atoms with Crippen LogP contribution in [0.2, 0.25) is 0 Å². The molecular weight excluding hydrogens is 238 g/mol.